The smallest absolute Gasteiger partial charge is 0.270 e. The lowest BCUT2D eigenvalue weighted by Gasteiger charge is -2.12. The number of hydrogen-bond donors (Lipinski definition) is 3. The van der Waals surface area contributed by atoms with Gasteiger partial charge in [0.2, 0.25) is 10.0 Å². The van der Waals surface area contributed by atoms with Gasteiger partial charge in [-0.2, -0.15) is 0 Å². The molecule has 27 heavy (non-hydrogen) atoms. The van der Waals surface area contributed by atoms with Gasteiger partial charge in [0.1, 0.15) is 0 Å². The zero-order valence-corrected chi connectivity index (χ0v) is 18.7. The van der Waals surface area contributed by atoms with Crippen LogP contribution in [0.25, 0.3) is 0 Å². The van der Waals surface area contributed by atoms with Crippen LogP contribution in [0, 0.1) is 10.1 Å². The molecule has 0 aromatic heterocycles. The van der Waals surface area contributed by atoms with E-state index in [4.69, 9.17) is 0 Å². The van der Waals surface area contributed by atoms with Crippen molar-refractivity contribution in [3.05, 3.63) is 34.4 Å². The summed E-state index contributed by atoms with van der Waals surface area (Å²) >= 11 is 0. The third kappa shape index (κ3) is 9.86. The fourth-order valence-corrected chi connectivity index (χ4v) is 3.26. The average molecular weight is 513 g/mol. The number of aliphatic imine (C=N–C) groups is 1. The Hall–Kier alpha value is -1.47. The Labute approximate surface area is 177 Å². The molecule has 0 aliphatic heterocycles. The van der Waals surface area contributed by atoms with Gasteiger partial charge in [-0.1, -0.05) is 32.3 Å². The van der Waals surface area contributed by atoms with Crippen molar-refractivity contribution >= 4 is 45.6 Å². The second-order valence-electron chi connectivity index (χ2n) is 5.64. The number of halogens is 1. The predicted octanol–water partition coefficient (Wildman–Crippen LogP) is 2.24. The summed E-state index contributed by atoms with van der Waals surface area (Å²) in [6.45, 7) is 3.42. The molecule has 0 fully saturated rings. The second-order valence-corrected chi connectivity index (χ2v) is 7.41. The van der Waals surface area contributed by atoms with Crippen molar-refractivity contribution in [2.24, 2.45) is 4.99 Å². The maximum Gasteiger partial charge on any atom is 0.270 e. The van der Waals surface area contributed by atoms with Crippen molar-refractivity contribution in [1.82, 2.24) is 15.4 Å². The summed E-state index contributed by atoms with van der Waals surface area (Å²) in [6.07, 6.45) is 4.59. The third-order valence-electron chi connectivity index (χ3n) is 3.59. The van der Waals surface area contributed by atoms with E-state index in [9.17, 15) is 18.5 Å². The van der Waals surface area contributed by atoms with Crippen molar-refractivity contribution in [3.8, 4) is 0 Å². The molecule has 1 aromatic rings. The summed E-state index contributed by atoms with van der Waals surface area (Å²) in [5.74, 6) is 0.607. The van der Waals surface area contributed by atoms with E-state index in [1.807, 2.05) is 0 Å². The van der Waals surface area contributed by atoms with Crippen LogP contribution in [0.1, 0.15) is 32.6 Å². The van der Waals surface area contributed by atoms with E-state index in [-0.39, 0.29) is 41.1 Å². The monoisotopic (exact) mass is 513 g/mol. The molecule has 0 aliphatic rings. The molecule has 0 heterocycles. The van der Waals surface area contributed by atoms with Gasteiger partial charge >= 0.3 is 0 Å². The summed E-state index contributed by atoms with van der Waals surface area (Å²) in [7, 11) is -2.16. The summed E-state index contributed by atoms with van der Waals surface area (Å²) in [4.78, 5) is 14.1. The SMILES string of the molecule is CCCCCCNC(=NC)NCCNS(=O)(=O)c1cccc([N+](=O)[O-])c1.I. The number of guanidine groups is 1. The largest absolute Gasteiger partial charge is 0.356 e. The summed E-state index contributed by atoms with van der Waals surface area (Å²) in [5.41, 5.74) is -0.265. The highest BCUT2D eigenvalue weighted by Crippen LogP contribution is 2.16. The lowest BCUT2D eigenvalue weighted by molar-refractivity contribution is -0.385. The van der Waals surface area contributed by atoms with Gasteiger partial charge in [0.05, 0.1) is 9.82 Å². The number of nitro groups is 1. The molecule has 3 N–H and O–H groups in total. The molecule has 1 aromatic carbocycles. The van der Waals surface area contributed by atoms with E-state index in [0.29, 0.717) is 12.5 Å². The number of sulfonamides is 1. The highest BCUT2D eigenvalue weighted by molar-refractivity contribution is 14.0. The Kier molecular flexibility index (Phi) is 12.9. The second kappa shape index (κ2) is 13.7. The van der Waals surface area contributed by atoms with E-state index in [1.165, 1.54) is 31.0 Å². The Balaban J connectivity index is 0.00000676. The van der Waals surface area contributed by atoms with E-state index < -0.39 is 14.9 Å². The third-order valence-corrected chi connectivity index (χ3v) is 5.05. The molecule has 154 valence electrons. The highest BCUT2D eigenvalue weighted by atomic mass is 127. The van der Waals surface area contributed by atoms with Crippen molar-refractivity contribution < 1.29 is 13.3 Å². The van der Waals surface area contributed by atoms with Crippen LogP contribution in [-0.4, -0.2) is 46.0 Å². The zero-order valence-electron chi connectivity index (χ0n) is 15.6. The summed E-state index contributed by atoms with van der Waals surface area (Å²) < 4.78 is 26.8. The molecule has 0 unspecified atom stereocenters. The van der Waals surface area contributed by atoms with Gasteiger partial charge < -0.3 is 10.6 Å². The molecule has 0 amide bonds. The first-order valence-corrected chi connectivity index (χ1v) is 10.1. The van der Waals surface area contributed by atoms with Gasteiger partial charge in [-0.15, -0.1) is 24.0 Å². The van der Waals surface area contributed by atoms with Crippen molar-refractivity contribution in [1.29, 1.82) is 0 Å². The number of nitro benzene ring substituents is 1. The minimum Gasteiger partial charge on any atom is -0.356 e. The Morgan fingerprint density at radius 3 is 2.48 bits per heavy atom. The maximum absolute atomic E-state index is 12.2. The first kappa shape index (κ1) is 25.5. The van der Waals surface area contributed by atoms with Gasteiger partial charge in [0.15, 0.2) is 5.96 Å². The van der Waals surface area contributed by atoms with E-state index in [1.54, 1.807) is 7.05 Å². The normalized spacial score (nSPS) is 11.6. The minimum absolute atomic E-state index is 0. The zero-order chi connectivity index (χ0) is 19.4. The topological polar surface area (TPSA) is 126 Å². The summed E-state index contributed by atoms with van der Waals surface area (Å²) in [6, 6.07) is 4.94. The van der Waals surface area contributed by atoms with E-state index in [0.717, 1.165) is 25.5 Å². The number of nitrogens with zero attached hydrogens (tertiary/aromatic N) is 2. The van der Waals surface area contributed by atoms with Gasteiger partial charge in [-0.3, -0.25) is 15.1 Å². The molecular formula is C16H28IN5O4S. The van der Waals surface area contributed by atoms with Crippen LogP contribution >= 0.6 is 24.0 Å². The molecule has 0 saturated carbocycles. The van der Waals surface area contributed by atoms with Crippen LogP contribution in [0.4, 0.5) is 5.69 Å². The average Bonchev–Trinajstić information content (AvgIpc) is 2.63. The van der Waals surface area contributed by atoms with Crippen LogP contribution in [-0.2, 0) is 10.0 Å². The predicted molar refractivity (Wildman–Crippen MR) is 117 cm³/mol. The standard InChI is InChI=1S/C16H27N5O4S.HI/c1-3-4-5-6-10-18-16(17-2)19-11-12-20-26(24,25)15-9-7-8-14(13-15)21(22)23;/h7-9,13,20H,3-6,10-12H2,1-2H3,(H2,17,18,19);1H. The number of rotatable bonds is 11. The van der Waals surface area contributed by atoms with Crippen LogP contribution in [0.3, 0.4) is 0 Å². The van der Waals surface area contributed by atoms with Crippen LogP contribution < -0.4 is 15.4 Å². The molecular weight excluding hydrogens is 485 g/mol. The maximum atomic E-state index is 12.2. The van der Waals surface area contributed by atoms with E-state index in [2.05, 4.69) is 27.3 Å². The fraction of sp³-hybridized carbons (Fsp3) is 0.562. The number of hydrogen-bond acceptors (Lipinski definition) is 5. The van der Waals surface area contributed by atoms with Crippen molar-refractivity contribution in [2.75, 3.05) is 26.7 Å². The molecule has 0 bridgehead atoms. The number of unbranched alkanes of at least 4 members (excludes halogenated alkanes) is 3. The first-order valence-electron chi connectivity index (χ1n) is 8.59. The molecule has 9 nitrogen and oxygen atoms in total. The lowest BCUT2D eigenvalue weighted by Crippen LogP contribution is -2.41. The van der Waals surface area contributed by atoms with Crippen molar-refractivity contribution in [3.63, 3.8) is 0 Å². The quantitative estimate of drug-likeness (QED) is 0.104. The molecule has 11 heteroatoms. The lowest BCUT2D eigenvalue weighted by atomic mass is 10.2. The minimum atomic E-state index is -3.80. The van der Waals surface area contributed by atoms with Gasteiger partial charge in [0.25, 0.3) is 5.69 Å². The Morgan fingerprint density at radius 1 is 1.15 bits per heavy atom. The number of benzene rings is 1. The Bertz CT molecular complexity index is 713. The van der Waals surface area contributed by atoms with Crippen LogP contribution in [0.2, 0.25) is 0 Å². The van der Waals surface area contributed by atoms with Crippen molar-refractivity contribution in [2.45, 2.75) is 37.5 Å². The molecule has 0 atom stereocenters. The molecule has 0 saturated heterocycles. The number of non-ortho nitro benzene ring substituents is 1. The molecule has 0 aliphatic carbocycles. The molecule has 1 rings (SSSR count). The fourth-order valence-electron chi connectivity index (χ4n) is 2.19. The highest BCUT2D eigenvalue weighted by Gasteiger charge is 2.16. The molecule has 0 radical (unpaired) electrons. The first-order chi connectivity index (χ1) is 12.4. The summed E-state index contributed by atoms with van der Waals surface area (Å²) in [5, 5.41) is 16.9. The van der Waals surface area contributed by atoms with Gasteiger partial charge in [-0.05, 0) is 12.5 Å². The van der Waals surface area contributed by atoms with Gasteiger partial charge in [-0.25, -0.2) is 13.1 Å². The Morgan fingerprint density at radius 2 is 1.85 bits per heavy atom. The molecule has 0 spiro atoms. The van der Waals surface area contributed by atoms with Crippen LogP contribution in [0.5, 0.6) is 0 Å². The van der Waals surface area contributed by atoms with E-state index >= 15 is 0 Å². The number of nitrogens with one attached hydrogen (secondary N) is 3. The van der Waals surface area contributed by atoms with Gasteiger partial charge in [0, 0.05) is 38.8 Å². The van der Waals surface area contributed by atoms with Crippen LogP contribution in [0.15, 0.2) is 34.2 Å².